The molecule has 0 aromatic heterocycles. The van der Waals surface area contributed by atoms with E-state index in [-0.39, 0.29) is 25.5 Å². The minimum Gasteiger partial charge on any atom is -0.494 e. The Bertz CT molecular complexity index is 796. The van der Waals surface area contributed by atoms with Gasteiger partial charge in [0.1, 0.15) is 17.2 Å². The van der Waals surface area contributed by atoms with Crippen LogP contribution in [-0.4, -0.2) is 31.6 Å². The number of hydrogen-bond acceptors (Lipinski definition) is 5. The molecule has 0 unspecified atom stereocenters. The zero-order chi connectivity index (χ0) is 20.4. The topological polar surface area (TPSA) is 85.9 Å². The van der Waals surface area contributed by atoms with Crippen molar-refractivity contribution in [1.29, 1.82) is 0 Å². The largest absolute Gasteiger partial charge is 0.494 e. The van der Waals surface area contributed by atoms with E-state index in [4.69, 9.17) is 25.8 Å². The summed E-state index contributed by atoms with van der Waals surface area (Å²) in [4.78, 5) is 23.5. The summed E-state index contributed by atoms with van der Waals surface area (Å²) in [5.74, 6) is 1.06. The van der Waals surface area contributed by atoms with Crippen LogP contribution in [-0.2, 0) is 9.59 Å². The molecular weight excluding hydrogens is 384 g/mol. The number of carbonyl (C=O) groups excluding carboxylic acids is 2. The Hall–Kier alpha value is -2.93. The number of ether oxygens (including phenoxy) is 3. The van der Waals surface area contributed by atoms with E-state index >= 15 is 0 Å². The smallest absolute Gasteiger partial charge is 0.276 e. The van der Waals surface area contributed by atoms with Gasteiger partial charge >= 0.3 is 0 Å². The van der Waals surface area contributed by atoms with Crippen LogP contribution in [0.2, 0.25) is 5.02 Å². The highest BCUT2D eigenvalue weighted by molar-refractivity contribution is 6.31. The molecule has 2 N–H and O–H groups in total. The molecule has 2 amide bonds. The van der Waals surface area contributed by atoms with E-state index in [2.05, 4.69) is 10.9 Å². The van der Waals surface area contributed by atoms with Crippen molar-refractivity contribution >= 4 is 23.4 Å². The maximum atomic E-state index is 11.8. The summed E-state index contributed by atoms with van der Waals surface area (Å²) >= 11 is 5.93. The van der Waals surface area contributed by atoms with E-state index in [1.165, 1.54) is 0 Å². The summed E-state index contributed by atoms with van der Waals surface area (Å²) in [6.45, 7) is 4.29. The Morgan fingerprint density at radius 3 is 2.14 bits per heavy atom. The van der Waals surface area contributed by atoms with Crippen LogP contribution in [0, 0.1) is 6.92 Å². The van der Waals surface area contributed by atoms with Gasteiger partial charge in [-0.2, -0.15) is 0 Å². The van der Waals surface area contributed by atoms with Gasteiger partial charge in [0.25, 0.3) is 5.91 Å². The molecule has 7 nitrogen and oxygen atoms in total. The summed E-state index contributed by atoms with van der Waals surface area (Å²) in [6, 6.07) is 12.2. The number of carbonyl (C=O) groups is 2. The summed E-state index contributed by atoms with van der Waals surface area (Å²) in [5, 5.41) is 0.622. The summed E-state index contributed by atoms with van der Waals surface area (Å²) in [7, 11) is 0. The first kappa shape index (κ1) is 21.4. The molecule has 28 heavy (non-hydrogen) atoms. The molecule has 0 aliphatic carbocycles. The van der Waals surface area contributed by atoms with Gasteiger partial charge in [0.15, 0.2) is 6.61 Å². The average molecular weight is 407 g/mol. The Balaban J connectivity index is 1.62. The number of nitrogens with one attached hydrogen (secondary N) is 2. The molecule has 2 aromatic rings. The predicted molar refractivity (Wildman–Crippen MR) is 106 cm³/mol. The third-order valence-electron chi connectivity index (χ3n) is 3.57. The standard InChI is InChI=1S/C20H23ClN2O5/c1-3-26-15-4-6-16(7-5-15)27-11-10-19(24)22-23-20(25)13-28-17-8-9-18(21)14(2)12-17/h4-9,12H,3,10-11,13H2,1-2H3,(H,22,24)(H,23,25). The van der Waals surface area contributed by atoms with Gasteiger partial charge in [-0.25, -0.2) is 0 Å². The van der Waals surface area contributed by atoms with Gasteiger partial charge in [-0.05, 0) is 61.9 Å². The van der Waals surface area contributed by atoms with Crippen molar-refractivity contribution in [2.45, 2.75) is 20.3 Å². The number of aryl methyl sites for hydroxylation is 1. The van der Waals surface area contributed by atoms with Crippen molar-refractivity contribution < 1.29 is 23.8 Å². The van der Waals surface area contributed by atoms with Crippen molar-refractivity contribution in [3.05, 3.63) is 53.1 Å². The molecule has 8 heteroatoms. The molecule has 0 aliphatic rings. The van der Waals surface area contributed by atoms with Gasteiger partial charge in [0.05, 0.1) is 19.6 Å². The number of hydrogen-bond donors (Lipinski definition) is 2. The normalized spacial score (nSPS) is 10.1. The molecule has 0 atom stereocenters. The number of hydrazine groups is 1. The molecule has 0 bridgehead atoms. The lowest BCUT2D eigenvalue weighted by atomic mass is 10.2. The SMILES string of the molecule is CCOc1ccc(OCCC(=O)NNC(=O)COc2ccc(Cl)c(C)c2)cc1. The second-order valence-electron chi connectivity index (χ2n) is 5.80. The molecule has 150 valence electrons. The molecule has 0 aliphatic heterocycles. The minimum atomic E-state index is -0.478. The fourth-order valence-electron chi connectivity index (χ4n) is 2.15. The third-order valence-corrected chi connectivity index (χ3v) is 4.00. The number of rotatable bonds is 9. The van der Waals surface area contributed by atoms with Crippen molar-refractivity contribution in [3.63, 3.8) is 0 Å². The van der Waals surface area contributed by atoms with Crippen molar-refractivity contribution in [2.24, 2.45) is 0 Å². The Morgan fingerprint density at radius 2 is 1.50 bits per heavy atom. The summed E-state index contributed by atoms with van der Waals surface area (Å²) in [6.07, 6.45) is 0.0880. The monoisotopic (exact) mass is 406 g/mol. The first-order valence-electron chi connectivity index (χ1n) is 8.80. The maximum absolute atomic E-state index is 11.8. The van der Waals surface area contributed by atoms with Crippen LogP contribution < -0.4 is 25.1 Å². The maximum Gasteiger partial charge on any atom is 0.276 e. The van der Waals surface area contributed by atoms with Gasteiger partial charge < -0.3 is 14.2 Å². The first-order chi connectivity index (χ1) is 13.5. The van der Waals surface area contributed by atoms with E-state index < -0.39 is 5.91 Å². The van der Waals surface area contributed by atoms with Crippen LogP contribution in [0.4, 0.5) is 0 Å². The second-order valence-corrected chi connectivity index (χ2v) is 6.21. The fraction of sp³-hybridized carbons (Fsp3) is 0.300. The van der Waals surface area contributed by atoms with Crippen molar-refractivity contribution in [1.82, 2.24) is 10.9 Å². The van der Waals surface area contributed by atoms with Gasteiger partial charge in [-0.15, -0.1) is 0 Å². The summed E-state index contributed by atoms with van der Waals surface area (Å²) in [5.41, 5.74) is 5.45. The van der Waals surface area contributed by atoms with Crippen LogP contribution in [0.15, 0.2) is 42.5 Å². The lowest BCUT2D eigenvalue weighted by molar-refractivity contribution is -0.130. The quantitative estimate of drug-likeness (QED) is 0.625. The zero-order valence-electron chi connectivity index (χ0n) is 15.8. The molecular formula is C20H23ClN2O5. The lowest BCUT2D eigenvalue weighted by Gasteiger charge is -2.10. The van der Waals surface area contributed by atoms with E-state index in [9.17, 15) is 9.59 Å². The van der Waals surface area contributed by atoms with E-state index in [1.807, 2.05) is 13.8 Å². The molecule has 0 spiro atoms. The Morgan fingerprint density at radius 1 is 0.893 bits per heavy atom. The number of amides is 2. The molecule has 2 rings (SSSR count). The van der Waals surface area contributed by atoms with E-state index in [0.717, 1.165) is 11.3 Å². The minimum absolute atomic E-state index is 0.0880. The predicted octanol–water partition coefficient (Wildman–Crippen LogP) is 3.04. The van der Waals surface area contributed by atoms with Crippen LogP contribution in [0.25, 0.3) is 0 Å². The van der Waals surface area contributed by atoms with Gasteiger partial charge in [0, 0.05) is 5.02 Å². The fourth-order valence-corrected chi connectivity index (χ4v) is 2.27. The lowest BCUT2D eigenvalue weighted by Crippen LogP contribution is -2.44. The first-order valence-corrected chi connectivity index (χ1v) is 9.18. The molecule has 0 saturated heterocycles. The molecule has 0 heterocycles. The van der Waals surface area contributed by atoms with Gasteiger partial charge in [-0.3, -0.25) is 20.4 Å². The molecule has 0 saturated carbocycles. The van der Waals surface area contributed by atoms with Crippen LogP contribution >= 0.6 is 11.6 Å². The van der Waals surface area contributed by atoms with Crippen molar-refractivity contribution in [3.8, 4) is 17.2 Å². The van der Waals surface area contributed by atoms with E-state index in [0.29, 0.717) is 23.1 Å². The summed E-state index contributed by atoms with van der Waals surface area (Å²) < 4.78 is 16.2. The molecule has 0 fully saturated rings. The van der Waals surface area contributed by atoms with E-state index in [1.54, 1.807) is 42.5 Å². The number of benzene rings is 2. The van der Waals surface area contributed by atoms with Crippen LogP contribution in [0.5, 0.6) is 17.2 Å². The van der Waals surface area contributed by atoms with Crippen LogP contribution in [0.3, 0.4) is 0 Å². The zero-order valence-corrected chi connectivity index (χ0v) is 16.5. The molecule has 2 aromatic carbocycles. The highest BCUT2D eigenvalue weighted by Gasteiger charge is 2.07. The highest BCUT2D eigenvalue weighted by Crippen LogP contribution is 2.21. The number of halogens is 1. The second kappa shape index (κ2) is 11.0. The third kappa shape index (κ3) is 7.36. The molecule has 0 radical (unpaired) electrons. The average Bonchev–Trinajstić information content (AvgIpc) is 2.69. The van der Waals surface area contributed by atoms with Crippen molar-refractivity contribution in [2.75, 3.05) is 19.8 Å². The van der Waals surface area contributed by atoms with Gasteiger partial charge in [0.2, 0.25) is 5.91 Å². The van der Waals surface area contributed by atoms with Gasteiger partial charge in [-0.1, -0.05) is 11.6 Å². The van der Waals surface area contributed by atoms with Crippen LogP contribution in [0.1, 0.15) is 18.9 Å². The Labute approximate surface area is 168 Å². The Kier molecular flexibility index (Phi) is 8.42. The highest BCUT2D eigenvalue weighted by atomic mass is 35.5.